The van der Waals surface area contributed by atoms with Crippen LogP contribution < -0.4 is 11.5 Å². The molecular formula is C15H23N3O2. The minimum absolute atomic E-state index is 0.0988. The van der Waals surface area contributed by atoms with Crippen molar-refractivity contribution < 1.29 is 9.59 Å². The Kier molecular flexibility index (Phi) is 5.70. The van der Waals surface area contributed by atoms with Crippen molar-refractivity contribution in [3.63, 3.8) is 0 Å². The third kappa shape index (κ3) is 4.06. The van der Waals surface area contributed by atoms with Crippen LogP contribution in [0.4, 0.5) is 0 Å². The lowest BCUT2D eigenvalue weighted by molar-refractivity contribution is -0.139. The highest BCUT2D eigenvalue weighted by molar-refractivity contribution is 5.90. The normalized spacial score (nSPS) is 13.6. The van der Waals surface area contributed by atoms with Crippen LogP contribution in [-0.2, 0) is 15.1 Å². The minimum atomic E-state index is -1.16. The fourth-order valence-corrected chi connectivity index (χ4v) is 2.03. The number of primary amides is 1. The highest BCUT2D eigenvalue weighted by Crippen LogP contribution is 2.20. The van der Waals surface area contributed by atoms with Crippen molar-refractivity contribution in [1.82, 2.24) is 4.90 Å². The highest BCUT2D eigenvalue weighted by Gasteiger charge is 2.34. The molecule has 0 aliphatic carbocycles. The zero-order valence-electron chi connectivity index (χ0n) is 12.1. The summed E-state index contributed by atoms with van der Waals surface area (Å²) in [7, 11) is 0. The molecule has 0 aliphatic rings. The van der Waals surface area contributed by atoms with Crippen LogP contribution in [0.15, 0.2) is 30.3 Å². The summed E-state index contributed by atoms with van der Waals surface area (Å²) in [5.41, 5.74) is 11.0. The highest BCUT2D eigenvalue weighted by atomic mass is 16.2. The average molecular weight is 277 g/mol. The maximum atomic E-state index is 12.6. The summed E-state index contributed by atoms with van der Waals surface area (Å²) in [4.78, 5) is 25.2. The quantitative estimate of drug-likeness (QED) is 0.778. The first-order valence-electron chi connectivity index (χ1n) is 6.81. The topological polar surface area (TPSA) is 89.4 Å². The Balaban J connectivity index is 2.94. The fourth-order valence-electron chi connectivity index (χ4n) is 2.03. The second-order valence-electron chi connectivity index (χ2n) is 5.11. The van der Waals surface area contributed by atoms with E-state index in [-0.39, 0.29) is 12.5 Å². The van der Waals surface area contributed by atoms with E-state index in [0.29, 0.717) is 6.54 Å². The van der Waals surface area contributed by atoms with E-state index >= 15 is 0 Å². The summed E-state index contributed by atoms with van der Waals surface area (Å²) in [6, 6.07) is 9.14. The van der Waals surface area contributed by atoms with E-state index < -0.39 is 11.4 Å². The summed E-state index contributed by atoms with van der Waals surface area (Å²) >= 11 is 0. The van der Waals surface area contributed by atoms with E-state index in [2.05, 4.69) is 0 Å². The van der Waals surface area contributed by atoms with Crippen molar-refractivity contribution in [1.29, 1.82) is 0 Å². The van der Waals surface area contributed by atoms with Gasteiger partial charge in [0, 0.05) is 6.54 Å². The number of benzene rings is 1. The molecule has 0 heterocycles. The molecule has 20 heavy (non-hydrogen) atoms. The number of nitrogens with two attached hydrogens (primary N) is 2. The van der Waals surface area contributed by atoms with Gasteiger partial charge in [0.15, 0.2) is 0 Å². The Morgan fingerprint density at radius 2 is 1.85 bits per heavy atom. The van der Waals surface area contributed by atoms with Gasteiger partial charge in [-0.3, -0.25) is 9.59 Å². The van der Waals surface area contributed by atoms with E-state index in [1.165, 1.54) is 4.90 Å². The van der Waals surface area contributed by atoms with Crippen molar-refractivity contribution in [3.8, 4) is 0 Å². The van der Waals surface area contributed by atoms with Gasteiger partial charge in [-0.1, -0.05) is 43.7 Å². The number of carbonyl (C=O) groups is 2. The zero-order valence-corrected chi connectivity index (χ0v) is 12.1. The van der Waals surface area contributed by atoms with Crippen molar-refractivity contribution in [2.45, 2.75) is 32.2 Å². The first-order valence-corrected chi connectivity index (χ1v) is 6.81. The maximum Gasteiger partial charge on any atom is 0.247 e. The van der Waals surface area contributed by atoms with Gasteiger partial charge >= 0.3 is 0 Å². The second kappa shape index (κ2) is 7.05. The summed E-state index contributed by atoms with van der Waals surface area (Å²) in [6.45, 7) is 4.06. The number of hydrogen-bond donors (Lipinski definition) is 2. The number of amides is 2. The molecule has 2 amide bonds. The molecule has 1 atom stereocenters. The predicted octanol–water partition coefficient (Wildman–Crippen LogP) is 0.975. The number of carbonyl (C=O) groups excluding carboxylic acids is 2. The van der Waals surface area contributed by atoms with E-state index in [1.54, 1.807) is 19.1 Å². The smallest absolute Gasteiger partial charge is 0.247 e. The largest absolute Gasteiger partial charge is 0.368 e. The molecule has 5 heteroatoms. The van der Waals surface area contributed by atoms with Crippen LogP contribution in [0, 0.1) is 0 Å². The molecule has 1 aromatic carbocycles. The third-order valence-corrected chi connectivity index (χ3v) is 3.23. The van der Waals surface area contributed by atoms with Gasteiger partial charge in [0.1, 0.15) is 5.54 Å². The van der Waals surface area contributed by atoms with Gasteiger partial charge in [0.25, 0.3) is 0 Å². The molecule has 1 unspecified atom stereocenters. The molecule has 5 nitrogen and oxygen atoms in total. The number of hydrogen-bond acceptors (Lipinski definition) is 3. The van der Waals surface area contributed by atoms with Crippen LogP contribution in [0.2, 0.25) is 0 Å². The van der Waals surface area contributed by atoms with Gasteiger partial charge in [-0.05, 0) is 18.9 Å². The predicted molar refractivity (Wildman–Crippen MR) is 78.7 cm³/mol. The summed E-state index contributed by atoms with van der Waals surface area (Å²) in [6.07, 6.45) is 1.74. The molecule has 0 spiro atoms. The Morgan fingerprint density at radius 1 is 1.25 bits per heavy atom. The van der Waals surface area contributed by atoms with Crippen LogP contribution in [0.25, 0.3) is 0 Å². The number of nitrogens with zero attached hydrogens (tertiary/aromatic N) is 1. The fraction of sp³-hybridized carbons (Fsp3) is 0.467. The Labute approximate surface area is 119 Å². The molecule has 4 N–H and O–H groups in total. The maximum absolute atomic E-state index is 12.6. The Bertz CT molecular complexity index is 457. The van der Waals surface area contributed by atoms with Crippen LogP contribution in [0.1, 0.15) is 32.3 Å². The summed E-state index contributed by atoms with van der Waals surface area (Å²) in [5.74, 6) is -0.811. The zero-order chi connectivity index (χ0) is 15.2. The molecule has 0 bridgehead atoms. The number of unbranched alkanes of at least 4 members (excludes halogenated alkanes) is 1. The molecule has 0 aromatic heterocycles. The van der Waals surface area contributed by atoms with Crippen molar-refractivity contribution >= 4 is 11.8 Å². The van der Waals surface area contributed by atoms with Crippen LogP contribution in [0.3, 0.4) is 0 Å². The van der Waals surface area contributed by atoms with Crippen molar-refractivity contribution in [2.75, 3.05) is 13.1 Å². The van der Waals surface area contributed by atoms with Gasteiger partial charge in [0.2, 0.25) is 11.8 Å². The molecule has 0 saturated heterocycles. The molecule has 110 valence electrons. The summed E-state index contributed by atoms with van der Waals surface area (Å²) < 4.78 is 0. The monoisotopic (exact) mass is 277 g/mol. The van der Waals surface area contributed by atoms with Gasteiger partial charge < -0.3 is 16.4 Å². The first-order chi connectivity index (χ1) is 9.39. The average Bonchev–Trinajstić information content (AvgIpc) is 2.43. The lowest BCUT2D eigenvalue weighted by atomic mass is 9.91. The molecule has 0 fully saturated rings. The lowest BCUT2D eigenvalue weighted by Gasteiger charge is -2.31. The molecule has 0 radical (unpaired) electrons. The van der Waals surface area contributed by atoms with Crippen LogP contribution >= 0.6 is 0 Å². The van der Waals surface area contributed by atoms with Gasteiger partial charge in [-0.2, -0.15) is 0 Å². The Hall–Kier alpha value is -1.88. The van der Waals surface area contributed by atoms with Crippen LogP contribution in [0.5, 0.6) is 0 Å². The lowest BCUT2D eigenvalue weighted by Crippen LogP contribution is -2.53. The molecule has 0 aliphatic heterocycles. The third-order valence-electron chi connectivity index (χ3n) is 3.23. The SMILES string of the molecule is CCCCN(CC(N)=O)C(=O)C(C)(N)c1ccccc1. The van der Waals surface area contributed by atoms with E-state index in [0.717, 1.165) is 18.4 Å². The van der Waals surface area contributed by atoms with E-state index in [4.69, 9.17) is 11.5 Å². The molecule has 0 saturated carbocycles. The van der Waals surface area contributed by atoms with Crippen molar-refractivity contribution in [2.24, 2.45) is 11.5 Å². The van der Waals surface area contributed by atoms with Gasteiger partial charge in [0.05, 0.1) is 6.54 Å². The summed E-state index contributed by atoms with van der Waals surface area (Å²) in [5, 5.41) is 0. The standard InChI is InChI=1S/C15H23N3O2/c1-3-4-10-18(11-13(16)19)14(20)15(2,17)12-8-6-5-7-9-12/h5-9H,3-4,10-11,17H2,1-2H3,(H2,16,19). The second-order valence-corrected chi connectivity index (χ2v) is 5.11. The Morgan fingerprint density at radius 3 is 2.35 bits per heavy atom. The van der Waals surface area contributed by atoms with Gasteiger partial charge in [-0.15, -0.1) is 0 Å². The molecular weight excluding hydrogens is 254 g/mol. The van der Waals surface area contributed by atoms with Crippen LogP contribution in [-0.4, -0.2) is 29.8 Å². The van der Waals surface area contributed by atoms with Crippen molar-refractivity contribution in [3.05, 3.63) is 35.9 Å². The van der Waals surface area contributed by atoms with Gasteiger partial charge in [-0.25, -0.2) is 0 Å². The first kappa shape index (κ1) is 16.2. The number of rotatable bonds is 7. The molecule has 1 rings (SSSR count). The van der Waals surface area contributed by atoms with E-state index in [9.17, 15) is 9.59 Å². The van der Waals surface area contributed by atoms with E-state index in [1.807, 2.05) is 25.1 Å². The minimum Gasteiger partial charge on any atom is -0.368 e. The molecule has 1 aromatic rings.